The van der Waals surface area contributed by atoms with Gasteiger partial charge in [0, 0.05) is 12.8 Å². The summed E-state index contributed by atoms with van der Waals surface area (Å²) in [4.78, 5) is 38.2. The van der Waals surface area contributed by atoms with Gasteiger partial charge in [-0.05, 0) is 128 Å². The Balaban J connectivity index is 4.06. The van der Waals surface area contributed by atoms with Crippen LogP contribution in [-0.2, 0) is 32.7 Å². The van der Waals surface area contributed by atoms with E-state index in [0.29, 0.717) is 17.4 Å². The van der Waals surface area contributed by atoms with Crippen molar-refractivity contribution in [2.75, 3.05) is 47.5 Å². The second-order valence-electron chi connectivity index (χ2n) is 27.0. The Morgan fingerprint density at radius 2 is 0.594 bits per heavy atom. The van der Waals surface area contributed by atoms with Crippen LogP contribution < -0.4 is 4.89 Å². The lowest BCUT2D eigenvalue weighted by Gasteiger charge is -2.28. The number of carbonyl (C=O) groups is 2. The zero-order valence-electron chi connectivity index (χ0n) is 62.5. The van der Waals surface area contributed by atoms with Crippen molar-refractivity contribution in [2.45, 2.75) is 328 Å². The highest BCUT2D eigenvalue weighted by Gasteiger charge is 2.22. The molecule has 0 aromatic carbocycles. The molecule has 0 aliphatic carbocycles. The number of carbonyl (C=O) groups excluding carboxylic acids is 2. The molecule has 0 saturated carbocycles. The van der Waals surface area contributed by atoms with Gasteiger partial charge in [0.2, 0.25) is 0 Å². The highest BCUT2D eigenvalue weighted by Crippen LogP contribution is 2.38. The Kier molecular flexibility index (Phi) is 71.4. The maximum absolute atomic E-state index is 12.9. The van der Waals surface area contributed by atoms with Crippen LogP contribution in [0.25, 0.3) is 0 Å². The van der Waals surface area contributed by atoms with Gasteiger partial charge in [0.25, 0.3) is 7.82 Å². The molecule has 10 heteroatoms. The van der Waals surface area contributed by atoms with Crippen LogP contribution in [0.3, 0.4) is 0 Å². The number of hydrogen-bond donors (Lipinski definition) is 0. The van der Waals surface area contributed by atoms with E-state index < -0.39 is 26.5 Å². The summed E-state index contributed by atoms with van der Waals surface area (Å²) in [5.74, 6) is -0.842. The van der Waals surface area contributed by atoms with E-state index in [1.54, 1.807) is 0 Å². The van der Waals surface area contributed by atoms with Crippen molar-refractivity contribution in [2.24, 2.45) is 0 Å². The largest absolute Gasteiger partial charge is 0.756 e. The third kappa shape index (κ3) is 78.6. The minimum Gasteiger partial charge on any atom is -0.756 e. The molecule has 0 rings (SSSR count). The van der Waals surface area contributed by atoms with Crippen molar-refractivity contribution in [3.05, 3.63) is 158 Å². The van der Waals surface area contributed by atoms with Crippen molar-refractivity contribution in [3.8, 4) is 0 Å². The van der Waals surface area contributed by atoms with Crippen molar-refractivity contribution >= 4 is 19.8 Å². The van der Waals surface area contributed by atoms with Crippen LogP contribution in [0.2, 0.25) is 0 Å². The molecule has 2 unspecified atom stereocenters. The Morgan fingerprint density at radius 3 is 0.885 bits per heavy atom. The summed E-state index contributed by atoms with van der Waals surface area (Å²) in [7, 11) is 1.15. The third-order valence-electron chi connectivity index (χ3n) is 16.5. The van der Waals surface area contributed by atoms with E-state index in [1.165, 1.54) is 167 Å². The molecule has 9 nitrogen and oxygen atoms in total. The number of likely N-dealkylation sites (N-methyl/N-ethyl adjacent to an activating group) is 1. The van der Waals surface area contributed by atoms with Gasteiger partial charge in [-0.25, -0.2) is 0 Å². The summed E-state index contributed by atoms with van der Waals surface area (Å²) in [6.45, 7) is 4.12. The molecule has 0 spiro atoms. The van der Waals surface area contributed by atoms with Gasteiger partial charge in [-0.3, -0.25) is 14.2 Å². The van der Waals surface area contributed by atoms with Crippen molar-refractivity contribution in [3.63, 3.8) is 0 Å². The first-order valence-corrected chi connectivity index (χ1v) is 40.7. The molecule has 0 aliphatic rings. The Labute approximate surface area is 592 Å². The normalized spacial score (nSPS) is 13.9. The van der Waals surface area contributed by atoms with Crippen LogP contribution in [0.4, 0.5) is 0 Å². The zero-order chi connectivity index (χ0) is 69.7. The van der Waals surface area contributed by atoms with E-state index in [0.717, 1.165) is 122 Å². The fourth-order valence-electron chi connectivity index (χ4n) is 10.6. The van der Waals surface area contributed by atoms with Gasteiger partial charge in [0.05, 0.1) is 27.7 Å². The molecule has 0 bridgehead atoms. The van der Waals surface area contributed by atoms with Gasteiger partial charge in [-0.1, -0.05) is 339 Å². The van der Waals surface area contributed by atoms with Crippen LogP contribution in [-0.4, -0.2) is 70.0 Å². The van der Waals surface area contributed by atoms with E-state index in [9.17, 15) is 19.0 Å². The van der Waals surface area contributed by atoms with Crippen LogP contribution in [0.1, 0.15) is 322 Å². The fraction of sp³-hybridized carbons (Fsp3) is 0.674. The summed E-state index contributed by atoms with van der Waals surface area (Å²) < 4.78 is 34.4. The molecule has 0 amide bonds. The second-order valence-corrected chi connectivity index (χ2v) is 28.4. The van der Waals surface area contributed by atoms with Crippen molar-refractivity contribution < 1.29 is 42.1 Å². The molecule has 0 heterocycles. The van der Waals surface area contributed by atoms with Gasteiger partial charge >= 0.3 is 11.9 Å². The smallest absolute Gasteiger partial charge is 0.306 e. The highest BCUT2D eigenvalue weighted by molar-refractivity contribution is 7.45. The Morgan fingerprint density at radius 1 is 0.333 bits per heavy atom. The molecule has 0 radical (unpaired) electrons. The van der Waals surface area contributed by atoms with Gasteiger partial charge in [-0.2, -0.15) is 0 Å². The number of esters is 2. The van der Waals surface area contributed by atoms with Crippen LogP contribution >= 0.6 is 7.82 Å². The zero-order valence-corrected chi connectivity index (χ0v) is 63.4. The number of phosphoric acid groups is 1. The number of rotatable bonds is 71. The number of nitrogens with zero attached hydrogens (tertiary/aromatic N) is 1. The maximum atomic E-state index is 12.9. The molecule has 0 aromatic rings. The summed E-state index contributed by atoms with van der Waals surface area (Å²) >= 11 is 0. The second kappa shape index (κ2) is 74.8. The number of quaternary nitrogens is 1. The third-order valence-corrected chi connectivity index (χ3v) is 17.5. The van der Waals surface area contributed by atoms with E-state index in [2.05, 4.69) is 172 Å². The van der Waals surface area contributed by atoms with E-state index in [-0.39, 0.29) is 32.0 Å². The van der Waals surface area contributed by atoms with E-state index in [1.807, 2.05) is 21.1 Å². The fourth-order valence-corrected chi connectivity index (χ4v) is 11.3. The number of ether oxygens (including phenoxy) is 2. The number of hydrogen-bond acceptors (Lipinski definition) is 8. The molecule has 0 aromatic heterocycles. The van der Waals surface area contributed by atoms with E-state index in [4.69, 9.17) is 18.5 Å². The topological polar surface area (TPSA) is 111 Å². The van der Waals surface area contributed by atoms with Gasteiger partial charge in [-0.15, -0.1) is 0 Å². The first-order valence-electron chi connectivity index (χ1n) is 39.2. The standard InChI is InChI=1S/C86H146NO8P/c1-6-8-10-12-14-16-18-20-22-24-26-28-30-32-34-36-38-40-41-42-43-44-45-47-49-51-53-55-57-59-61-63-65-67-69-71-73-75-77-79-86(89)95-84(83-94-96(90,91)93-81-80-87(3,4)5)82-92-85(88)78-76-74-72-70-68-66-64-62-60-58-56-54-52-50-48-46-39-37-35-33-31-29-27-25-23-21-19-17-15-13-11-9-7-2/h8,10,14,16,19-22,25-28,31-34,38,40,42-43,45,47,51,53,57,59,84H,6-7,9,11-13,15,17-18,23-24,29-30,35-37,39,41,44,46,48-50,52,54-56,58,60-83H2,1-5H3/b10-8-,16-14-,21-19-,22-20-,27-25-,28-26-,33-31-,34-32-,40-38-,43-42-,47-45-,53-51-,59-57-. The minimum atomic E-state index is -4.66. The molecule has 0 N–H and O–H groups in total. The van der Waals surface area contributed by atoms with Gasteiger partial charge in [0.15, 0.2) is 6.10 Å². The lowest BCUT2D eigenvalue weighted by molar-refractivity contribution is -0.870. The maximum Gasteiger partial charge on any atom is 0.306 e. The molecule has 96 heavy (non-hydrogen) atoms. The van der Waals surface area contributed by atoms with Crippen molar-refractivity contribution in [1.82, 2.24) is 0 Å². The first-order chi connectivity index (χ1) is 47.0. The van der Waals surface area contributed by atoms with Gasteiger partial charge < -0.3 is 27.9 Å². The molecule has 0 saturated heterocycles. The number of unbranched alkanes of at least 4 members (excludes halogenated alkanes) is 31. The molecule has 2 atom stereocenters. The average Bonchev–Trinajstić information content (AvgIpc) is 1.98. The van der Waals surface area contributed by atoms with Crippen molar-refractivity contribution in [1.29, 1.82) is 0 Å². The van der Waals surface area contributed by atoms with E-state index >= 15 is 0 Å². The SMILES string of the molecule is CC/C=C\C/C=C\C/C=C\C/C=C\C/C=C\C/C=C\C/C=C\C/C=C\C/C=C\C/C=C\CCCCCCCCCCC(=O)OC(COC(=O)CCCCCCCCCCCCCCCCCCCC/C=C\C/C=C\C/C=C\CCCCCCC)COP(=O)([O-])OCC[N+](C)(C)C. The minimum absolute atomic E-state index is 0.0388. The summed E-state index contributed by atoms with van der Waals surface area (Å²) in [5.41, 5.74) is 0. The van der Waals surface area contributed by atoms with Crippen LogP contribution in [0.15, 0.2) is 158 Å². The summed E-state index contributed by atoms with van der Waals surface area (Å²) in [6.07, 6.45) is 112. The first kappa shape index (κ1) is 91.6. The van der Waals surface area contributed by atoms with Gasteiger partial charge in [0.1, 0.15) is 19.8 Å². The predicted molar refractivity (Wildman–Crippen MR) is 415 cm³/mol. The molecular formula is C86H146NO8P. The summed E-state index contributed by atoms with van der Waals surface area (Å²) in [6, 6.07) is 0. The molecule has 548 valence electrons. The van der Waals surface area contributed by atoms with Crippen LogP contribution in [0.5, 0.6) is 0 Å². The Bertz CT molecular complexity index is 2180. The number of allylic oxidation sites excluding steroid dienone is 26. The summed E-state index contributed by atoms with van der Waals surface area (Å²) in [5, 5.41) is 0. The Hall–Kier alpha value is -4.37. The lowest BCUT2D eigenvalue weighted by atomic mass is 10.0. The monoisotopic (exact) mass is 1350 g/mol. The molecule has 0 fully saturated rings. The molecule has 0 aliphatic heterocycles. The quantitative estimate of drug-likeness (QED) is 0.0195. The predicted octanol–water partition coefficient (Wildman–Crippen LogP) is 25.6. The lowest BCUT2D eigenvalue weighted by Crippen LogP contribution is -2.37. The number of phosphoric ester groups is 1. The average molecular weight is 1350 g/mol. The molecular weight excluding hydrogens is 1210 g/mol. The van der Waals surface area contributed by atoms with Crippen LogP contribution in [0, 0.1) is 0 Å². The highest BCUT2D eigenvalue weighted by atomic mass is 31.2.